The molecule has 2 aromatic rings. The van der Waals surface area contributed by atoms with Gasteiger partial charge in [-0.1, -0.05) is 39.8 Å². The molecular weight excluding hydrogens is 321 g/mol. The summed E-state index contributed by atoms with van der Waals surface area (Å²) < 4.78 is 0. The van der Waals surface area contributed by atoms with Crippen LogP contribution in [0.25, 0.3) is 0 Å². The minimum absolute atomic E-state index is 0.410. The Hall–Kier alpha value is -2.23. The van der Waals surface area contributed by atoms with Gasteiger partial charge in [-0.2, -0.15) is 0 Å². The van der Waals surface area contributed by atoms with Crippen molar-refractivity contribution in [3.8, 4) is 0 Å². The minimum Gasteiger partial charge on any atom is -0.272 e. The Bertz CT molecular complexity index is 734. The first kappa shape index (κ1) is 18.1. The third-order valence-electron chi connectivity index (χ3n) is 3.64. The van der Waals surface area contributed by atoms with Gasteiger partial charge in [-0.25, -0.2) is 15.2 Å². The van der Waals surface area contributed by atoms with Crippen LogP contribution in [0, 0.1) is 0 Å². The van der Waals surface area contributed by atoms with E-state index >= 15 is 0 Å². The Morgan fingerprint density at radius 1 is 1.12 bits per heavy atom. The summed E-state index contributed by atoms with van der Waals surface area (Å²) in [4.78, 5) is 24.8. The van der Waals surface area contributed by atoms with Crippen LogP contribution in [0.1, 0.15) is 22.8 Å². The number of benzene rings is 2. The predicted molar refractivity (Wildman–Crippen MR) is 101 cm³/mol. The van der Waals surface area contributed by atoms with E-state index in [0.29, 0.717) is 19.8 Å². The normalized spacial score (nSPS) is 10.8. The number of carbonyl (C=O) groups excluding carboxylic acids is 2. The second kappa shape index (κ2) is 8.57. The molecule has 6 heteroatoms. The van der Waals surface area contributed by atoms with Gasteiger partial charge >= 0.3 is 6.03 Å². The number of rotatable bonds is 5. The van der Waals surface area contributed by atoms with Crippen molar-refractivity contribution >= 4 is 31.5 Å². The maximum Gasteiger partial charge on any atom is 0.343 e. The van der Waals surface area contributed by atoms with Gasteiger partial charge in [0, 0.05) is 12.6 Å². The van der Waals surface area contributed by atoms with Crippen LogP contribution in [0.15, 0.2) is 48.5 Å². The molecule has 5 nitrogen and oxygen atoms in total. The lowest BCUT2D eigenvalue weighted by Crippen LogP contribution is -2.49. The Balaban J connectivity index is 2.14. The SMILES string of the molecule is CCc1cccc(N(NC)C(=O)NC(=O)c2cccc(PC)c2)c1. The van der Waals surface area contributed by atoms with Crippen molar-refractivity contribution in [1.29, 1.82) is 0 Å². The van der Waals surface area contributed by atoms with Gasteiger partial charge in [0.1, 0.15) is 0 Å². The lowest BCUT2D eigenvalue weighted by molar-refractivity contribution is 0.0965. The van der Waals surface area contributed by atoms with Gasteiger partial charge in [0.05, 0.1) is 5.69 Å². The lowest BCUT2D eigenvalue weighted by atomic mass is 10.1. The number of nitrogens with one attached hydrogen (secondary N) is 2. The summed E-state index contributed by atoms with van der Waals surface area (Å²) in [7, 11) is 2.24. The van der Waals surface area contributed by atoms with Gasteiger partial charge in [-0.3, -0.25) is 10.1 Å². The third-order valence-corrected chi connectivity index (χ3v) is 4.53. The molecule has 0 radical (unpaired) electrons. The zero-order chi connectivity index (χ0) is 17.5. The Labute approximate surface area is 144 Å². The second-order valence-corrected chi connectivity index (χ2v) is 6.25. The highest BCUT2D eigenvalue weighted by Gasteiger charge is 2.18. The van der Waals surface area contributed by atoms with E-state index in [-0.39, 0.29) is 0 Å². The molecule has 24 heavy (non-hydrogen) atoms. The van der Waals surface area contributed by atoms with Crippen molar-refractivity contribution in [3.05, 3.63) is 59.7 Å². The molecule has 2 aromatic carbocycles. The van der Waals surface area contributed by atoms with E-state index in [2.05, 4.69) is 10.7 Å². The standard InChI is InChI=1S/C18H22N3O2P/c1-4-13-7-5-9-15(11-13)21(19-2)18(23)20-17(22)14-8-6-10-16(12-14)24-3/h5-12,19,24H,4H2,1-3H3,(H,20,22,23). The molecule has 0 heterocycles. The molecule has 1 unspecified atom stereocenters. The monoisotopic (exact) mass is 343 g/mol. The molecule has 0 saturated carbocycles. The third kappa shape index (κ3) is 4.40. The van der Waals surface area contributed by atoms with E-state index in [1.807, 2.05) is 56.1 Å². The van der Waals surface area contributed by atoms with E-state index < -0.39 is 11.9 Å². The highest BCUT2D eigenvalue weighted by molar-refractivity contribution is 7.46. The van der Waals surface area contributed by atoms with E-state index in [4.69, 9.17) is 0 Å². The maximum atomic E-state index is 12.4. The lowest BCUT2D eigenvalue weighted by Gasteiger charge is -2.22. The maximum absolute atomic E-state index is 12.4. The quantitative estimate of drug-likeness (QED) is 0.648. The fourth-order valence-electron chi connectivity index (χ4n) is 2.30. The van der Waals surface area contributed by atoms with Crippen LogP contribution in [0.5, 0.6) is 0 Å². The molecule has 2 rings (SSSR count). The van der Waals surface area contributed by atoms with Crippen LogP contribution >= 0.6 is 8.58 Å². The van der Waals surface area contributed by atoms with Gasteiger partial charge in [0.15, 0.2) is 0 Å². The summed E-state index contributed by atoms with van der Waals surface area (Å²) in [5.74, 6) is -0.410. The van der Waals surface area contributed by atoms with E-state index in [1.165, 1.54) is 5.01 Å². The molecule has 126 valence electrons. The number of aryl methyl sites for hydroxylation is 1. The highest BCUT2D eigenvalue weighted by Crippen LogP contribution is 2.15. The van der Waals surface area contributed by atoms with Crippen molar-refractivity contribution in [2.75, 3.05) is 18.7 Å². The largest absolute Gasteiger partial charge is 0.343 e. The highest BCUT2D eigenvalue weighted by atomic mass is 31.1. The number of carbonyl (C=O) groups is 2. The van der Waals surface area contributed by atoms with Crippen molar-refractivity contribution < 1.29 is 9.59 Å². The number of hydrazine groups is 1. The van der Waals surface area contributed by atoms with Gasteiger partial charge in [-0.15, -0.1) is 0 Å². The molecule has 0 spiro atoms. The van der Waals surface area contributed by atoms with Crippen LogP contribution in [0.4, 0.5) is 10.5 Å². The van der Waals surface area contributed by atoms with Crippen molar-refractivity contribution in [3.63, 3.8) is 0 Å². The Morgan fingerprint density at radius 3 is 2.54 bits per heavy atom. The average Bonchev–Trinajstić information content (AvgIpc) is 2.62. The van der Waals surface area contributed by atoms with Crippen LogP contribution in [0.2, 0.25) is 0 Å². The predicted octanol–water partition coefficient (Wildman–Crippen LogP) is 2.67. The topological polar surface area (TPSA) is 61.4 Å². The van der Waals surface area contributed by atoms with Gasteiger partial charge in [0.2, 0.25) is 0 Å². The Kier molecular flexibility index (Phi) is 6.47. The molecule has 0 aliphatic carbocycles. The molecule has 0 saturated heterocycles. The summed E-state index contributed by atoms with van der Waals surface area (Å²) in [5.41, 5.74) is 5.10. The molecule has 0 bridgehead atoms. The second-order valence-electron chi connectivity index (χ2n) is 5.17. The summed E-state index contributed by atoms with van der Waals surface area (Å²) in [6.07, 6.45) is 0.872. The molecular formula is C18H22N3O2P. The van der Waals surface area contributed by atoms with Gasteiger partial charge in [0.25, 0.3) is 5.91 Å². The number of hydrogen-bond acceptors (Lipinski definition) is 3. The minimum atomic E-state index is -0.514. The van der Waals surface area contributed by atoms with Crippen molar-refractivity contribution in [2.45, 2.75) is 13.3 Å². The molecule has 3 amide bonds. The number of nitrogens with zero attached hydrogens (tertiary/aromatic N) is 1. The molecule has 2 N–H and O–H groups in total. The van der Waals surface area contributed by atoms with Crippen molar-refractivity contribution in [2.24, 2.45) is 0 Å². The average molecular weight is 343 g/mol. The first-order valence-electron chi connectivity index (χ1n) is 7.78. The van der Waals surface area contributed by atoms with Crippen LogP contribution in [-0.2, 0) is 6.42 Å². The number of amides is 3. The summed E-state index contributed by atoms with van der Waals surface area (Å²) in [6, 6.07) is 14.4. The zero-order valence-electron chi connectivity index (χ0n) is 14.1. The number of urea groups is 1. The van der Waals surface area contributed by atoms with E-state index in [1.54, 1.807) is 13.1 Å². The molecule has 0 aliphatic rings. The van der Waals surface area contributed by atoms with E-state index in [9.17, 15) is 9.59 Å². The smallest absolute Gasteiger partial charge is 0.272 e. The zero-order valence-corrected chi connectivity index (χ0v) is 15.1. The number of anilines is 1. The first-order chi connectivity index (χ1) is 11.6. The summed E-state index contributed by atoms with van der Waals surface area (Å²) in [5, 5.41) is 4.82. The van der Waals surface area contributed by atoms with E-state index in [0.717, 1.165) is 17.3 Å². The Morgan fingerprint density at radius 2 is 1.88 bits per heavy atom. The fraction of sp³-hybridized carbons (Fsp3) is 0.222. The van der Waals surface area contributed by atoms with Crippen molar-refractivity contribution in [1.82, 2.24) is 10.7 Å². The van der Waals surface area contributed by atoms with Gasteiger partial charge in [-0.05, 0) is 48.2 Å². The first-order valence-corrected chi connectivity index (χ1v) is 9.28. The van der Waals surface area contributed by atoms with Gasteiger partial charge < -0.3 is 0 Å². The summed E-state index contributed by atoms with van der Waals surface area (Å²) in [6.45, 7) is 4.10. The molecule has 0 fully saturated rings. The van der Waals surface area contributed by atoms with Crippen LogP contribution < -0.4 is 21.1 Å². The fourth-order valence-corrected chi connectivity index (χ4v) is 2.87. The summed E-state index contributed by atoms with van der Waals surface area (Å²) >= 11 is 0. The molecule has 0 aromatic heterocycles. The number of imide groups is 1. The number of hydrogen-bond donors (Lipinski definition) is 2. The van der Waals surface area contributed by atoms with Crippen LogP contribution in [0.3, 0.4) is 0 Å². The van der Waals surface area contributed by atoms with Crippen LogP contribution in [-0.4, -0.2) is 25.7 Å². The molecule has 1 atom stereocenters. The molecule has 0 aliphatic heterocycles.